The van der Waals surface area contributed by atoms with Crippen molar-refractivity contribution in [3.63, 3.8) is 0 Å². The highest BCUT2D eigenvalue weighted by atomic mass is 32.1. The molecule has 6 nitrogen and oxygen atoms in total. The summed E-state index contributed by atoms with van der Waals surface area (Å²) in [6.07, 6.45) is 9.88. The van der Waals surface area contributed by atoms with Crippen molar-refractivity contribution in [2.75, 3.05) is 18.0 Å². The standard InChI is InChI=1S/C21H23N5OS/c22-18(27)13-7-10-26(11-8-13)20-17-15-5-1-2-6-16(15)28-21(17)25-19(24-20)14-4-3-9-23-12-14/h3-4,9,12-13H,1-2,5-8,10-11H2,(H2,22,27). The molecule has 28 heavy (non-hydrogen) atoms. The largest absolute Gasteiger partial charge is 0.369 e. The number of aromatic nitrogens is 3. The van der Waals surface area contributed by atoms with Crippen molar-refractivity contribution in [1.29, 1.82) is 0 Å². The monoisotopic (exact) mass is 393 g/mol. The van der Waals surface area contributed by atoms with Crippen LogP contribution in [0.25, 0.3) is 21.6 Å². The number of fused-ring (bicyclic) bond motifs is 3. The van der Waals surface area contributed by atoms with Gasteiger partial charge in [-0.15, -0.1) is 11.3 Å². The van der Waals surface area contributed by atoms with Crippen LogP contribution in [0.5, 0.6) is 0 Å². The van der Waals surface area contributed by atoms with Crippen molar-refractivity contribution in [2.24, 2.45) is 11.7 Å². The Bertz CT molecular complexity index is 1020. The molecule has 1 amide bonds. The second-order valence-corrected chi connectivity index (χ2v) is 8.75. The lowest BCUT2D eigenvalue weighted by Crippen LogP contribution is -2.39. The zero-order valence-corrected chi connectivity index (χ0v) is 16.5. The summed E-state index contributed by atoms with van der Waals surface area (Å²) in [6, 6.07) is 3.92. The molecule has 7 heteroatoms. The highest BCUT2D eigenvalue weighted by Crippen LogP contribution is 2.41. The summed E-state index contributed by atoms with van der Waals surface area (Å²) in [7, 11) is 0. The quantitative estimate of drug-likeness (QED) is 0.738. The highest BCUT2D eigenvalue weighted by molar-refractivity contribution is 7.19. The predicted molar refractivity (Wildman–Crippen MR) is 111 cm³/mol. The van der Waals surface area contributed by atoms with Crippen LogP contribution in [0.4, 0.5) is 5.82 Å². The van der Waals surface area contributed by atoms with Crippen molar-refractivity contribution in [3.8, 4) is 11.4 Å². The molecule has 5 rings (SSSR count). The number of hydrogen-bond donors (Lipinski definition) is 1. The predicted octanol–water partition coefficient (Wildman–Crippen LogP) is 3.33. The number of nitrogens with zero attached hydrogens (tertiary/aromatic N) is 4. The van der Waals surface area contributed by atoms with E-state index in [1.165, 1.54) is 28.7 Å². The maximum Gasteiger partial charge on any atom is 0.220 e. The molecule has 3 aromatic heterocycles. The maximum absolute atomic E-state index is 11.6. The first-order chi connectivity index (χ1) is 13.7. The Morgan fingerprint density at radius 3 is 2.75 bits per heavy atom. The third-order valence-electron chi connectivity index (χ3n) is 5.91. The molecule has 0 atom stereocenters. The van der Waals surface area contributed by atoms with Gasteiger partial charge in [-0.2, -0.15) is 0 Å². The van der Waals surface area contributed by atoms with Gasteiger partial charge in [-0.1, -0.05) is 0 Å². The number of amides is 1. The number of carbonyl (C=O) groups is 1. The second kappa shape index (κ2) is 7.13. The Hall–Kier alpha value is -2.54. The first-order valence-corrected chi connectivity index (χ1v) is 10.8. The number of hydrogen-bond acceptors (Lipinski definition) is 6. The fraction of sp³-hybridized carbons (Fsp3) is 0.429. The molecule has 1 fully saturated rings. The summed E-state index contributed by atoms with van der Waals surface area (Å²) in [6.45, 7) is 1.60. The van der Waals surface area contributed by atoms with Crippen molar-refractivity contribution < 1.29 is 4.79 Å². The zero-order chi connectivity index (χ0) is 19.1. The van der Waals surface area contributed by atoms with Gasteiger partial charge in [0.15, 0.2) is 5.82 Å². The Morgan fingerprint density at radius 1 is 1.18 bits per heavy atom. The zero-order valence-electron chi connectivity index (χ0n) is 15.7. The SMILES string of the molecule is NC(=O)C1CCN(c2nc(-c3cccnc3)nc3sc4c(c23)CCCC4)CC1. The molecule has 1 aliphatic heterocycles. The smallest absolute Gasteiger partial charge is 0.220 e. The topological polar surface area (TPSA) is 85.0 Å². The van der Waals surface area contributed by atoms with Crippen LogP contribution >= 0.6 is 11.3 Å². The molecule has 2 aliphatic rings. The average molecular weight is 394 g/mol. The summed E-state index contributed by atoms with van der Waals surface area (Å²) in [5, 5.41) is 1.23. The number of piperidine rings is 1. The van der Waals surface area contributed by atoms with E-state index in [1.807, 2.05) is 29.7 Å². The lowest BCUT2D eigenvalue weighted by Gasteiger charge is -2.32. The first-order valence-electron chi connectivity index (χ1n) is 9.97. The molecule has 0 unspecified atom stereocenters. The number of rotatable bonds is 3. The molecule has 0 saturated carbocycles. The fourth-order valence-electron chi connectivity index (χ4n) is 4.37. The summed E-state index contributed by atoms with van der Waals surface area (Å²) >= 11 is 1.82. The van der Waals surface area contributed by atoms with Gasteiger partial charge in [-0.05, 0) is 56.2 Å². The molecule has 144 valence electrons. The van der Waals surface area contributed by atoms with Crippen LogP contribution in [0.15, 0.2) is 24.5 Å². The van der Waals surface area contributed by atoms with Gasteiger partial charge in [-0.25, -0.2) is 9.97 Å². The van der Waals surface area contributed by atoms with E-state index < -0.39 is 0 Å². The summed E-state index contributed by atoms with van der Waals surface area (Å²) in [5.41, 5.74) is 7.90. The van der Waals surface area contributed by atoms with Crippen LogP contribution in [-0.4, -0.2) is 33.9 Å². The van der Waals surface area contributed by atoms with Gasteiger partial charge in [0.2, 0.25) is 5.91 Å². The van der Waals surface area contributed by atoms with E-state index in [4.69, 9.17) is 15.7 Å². The van der Waals surface area contributed by atoms with E-state index in [-0.39, 0.29) is 11.8 Å². The Kier molecular flexibility index (Phi) is 4.47. The number of primary amides is 1. The first kappa shape index (κ1) is 17.6. The maximum atomic E-state index is 11.6. The second-order valence-electron chi connectivity index (χ2n) is 7.67. The lowest BCUT2D eigenvalue weighted by molar-refractivity contribution is -0.122. The number of nitrogens with two attached hydrogens (primary N) is 1. The van der Waals surface area contributed by atoms with Gasteiger partial charge in [0, 0.05) is 41.8 Å². The van der Waals surface area contributed by atoms with Crippen LogP contribution in [0.1, 0.15) is 36.1 Å². The van der Waals surface area contributed by atoms with Gasteiger partial charge < -0.3 is 10.6 Å². The molecule has 3 aromatic rings. The van der Waals surface area contributed by atoms with Crippen molar-refractivity contribution in [2.45, 2.75) is 38.5 Å². The van der Waals surface area contributed by atoms with Gasteiger partial charge in [0.1, 0.15) is 10.6 Å². The van der Waals surface area contributed by atoms with Crippen molar-refractivity contribution in [1.82, 2.24) is 15.0 Å². The van der Waals surface area contributed by atoms with Crippen molar-refractivity contribution in [3.05, 3.63) is 35.0 Å². The number of thiophene rings is 1. The van der Waals surface area contributed by atoms with E-state index in [0.717, 1.165) is 60.8 Å². The van der Waals surface area contributed by atoms with Crippen LogP contribution < -0.4 is 10.6 Å². The number of aryl methyl sites for hydroxylation is 2. The summed E-state index contributed by atoms with van der Waals surface area (Å²) in [4.78, 5) is 30.6. The van der Waals surface area contributed by atoms with Crippen LogP contribution in [-0.2, 0) is 17.6 Å². The average Bonchev–Trinajstić information content (AvgIpc) is 3.12. The molecule has 0 radical (unpaired) electrons. The van der Waals surface area contributed by atoms with E-state index in [2.05, 4.69) is 9.88 Å². The van der Waals surface area contributed by atoms with Crippen LogP contribution in [0.3, 0.4) is 0 Å². The van der Waals surface area contributed by atoms with Gasteiger partial charge in [0.05, 0.1) is 5.39 Å². The molecule has 0 spiro atoms. The van der Waals surface area contributed by atoms with Crippen molar-refractivity contribution >= 4 is 33.3 Å². The minimum atomic E-state index is -0.184. The van der Waals surface area contributed by atoms with E-state index in [0.29, 0.717) is 0 Å². The van der Waals surface area contributed by atoms with Gasteiger partial charge in [-0.3, -0.25) is 9.78 Å². The Balaban J connectivity index is 1.63. The molecule has 0 aromatic carbocycles. The fourth-order valence-corrected chi connectivity index (χ4v) is 5.62. The number of pyridine rings is 1. The molecule has 1 aliphatic carbocycles. The Morgan fingerprint density at radius 2 is 2.00 bits per heavy atom. The van der Waals surface area contributed by atoms with E-state index >= 15 is 0 Å². The number of anilines is 1. The minimum Gasteiger partial charge on any atom is -0.369 e. The van der Waals surface area contributed by atoms with Gasteiger partial charge >= 0.3 is 0 Å². The van der Waals surface area contributed by atoms with E-state index in [1.54, 1.807) is 6.20 Å². The summed E-state index contributed by atoms with van der Waals surface area (Å²) in [5.74, 6) is 1.54. The highest BCUT2D eigenvalue weighted by Gasteiger charge is 2.28. The summed E-state index contributed by atoms with van der Waals surface area (Å²) < 4.78 is 0. The molecular weight excluding hydrogens is 370 g/mol. The number of carbonyl (C=O) groups excluding carboxylic acids is 1. The normalized spacial score (nSPS) is 17.6. The third-order valence-corrected chi connectivity index (χ3v) is 7.10. The minimum absolute atomic E-state index is 0.0252. The van der Waals surface area contributed by atoms with Gasteiger partial charge in [0.25, 0.3) is 0 Å². The van der Waals surface area contributed by atoms with E-state index in [9.17, 15) is 4.79 Å². The molecule has 1 saturated heterocycles. The van der Waals surface area contributed by atoms with Crippen LogP contribution in [0, 0.1) is 5.92 Å². The molecule has 2 N–H and O–H groups in total. The lowest BCUT2D eigenvalue weighted by atomic mass is 9.94. The third kappa shape index (κ3) is 3.03. The van der Waals surface area contributed by atoms with Crippen LogP contribution in [0.2, 0.25) is 0 Å². The molecule has 4 heterocycles. The Labute approximate surface area is 167 Å². The molecular formula is C21H23N5OS. The molecule has 0 bridgehead atoms.